The molecule has 0 aromatic heterocycles. The van der Waals surface area contributed by atoms with Crippen LogP contribution in [-0.4, -0.2) is 101 Å². The lowest BCUT2D eigenvalue weighted by Gasteiger charge is -2.52. The van der Waals surface area contributed by atoms with Gasteiger partial charge >= 0.3 is 0 Å². The standard InChI is InChI=1S/C30H40N4O7/c1-13-7-8-14(2)34(13)12-16-11-19(32(3)4)17-9-15-10-18-23(33(5)6)26(37)22(29(31)40)28(39)30(18,41)27(38)20(15)25(36)21(17)24(16)35/h11,13-15,18,20,22-23,35,41H,7-10,12H2,1-6H3,(H2,31,40). The number of hydrogen-bond donors (Lipinski definition) is 3. The van der Waals surface area contributed by atoms with Gasteiger partial charge in [-0.3, -0.25) is 33.8 Å². The molecule has 8 unspecified atom stereocenters. The molecule has 4 aliphatic rings. The number of fused-ring (bicyclic) bond motifs is 3. The average molecular weight is 569 g/mol. The first-order chi connectivity index (χ1) is 19.1. The van der Waals surface area contributed by atoms with Gasteiger partial charge in [0.1, 0.15) is 5.75 Å². The SMILES string of the molecule is CC1CCC(C)N1Cc1cc(N(C)C)c2c(c1O)C(=O)C1C(=O)C3(O)C(=O)C(C(N)=O)C(=O)C(N(C)C)C3CC1C2. The molecule has 11 heteroatoms. The quantitative estimate of drug-likeness (QED) is 0.422. The summed E-state index contributed by atoms with van der Waals surface area (Å²) in [6.07, 6.45) is 2.33. The predicted octanol–water partition coefficient (Wildman–Crippen LogP) is 0.306. The third kappa shape index (κ3) is 4.15. The van der Waals surface area contributed by atoms with Crippen molar-refractivity contribution >= 4 is 34.7 Å². The largest absolute Gasteiger partial charge is 0.507 e. The molecule has 1 heterocycles. The molecule has 3 fully saturated rings. The Balaban J connectivity index is 1.63. The van der Waals surface area contributed by atoms with Crippen molar-refractivity contribution in [2.75, 3.05) is 33.1 Å². The maximum Gasteiger partial charge on any atom is 0.235 e. The molecule has 1 aliphatic heterocycles. The number of likely N-dealkylation sites (tertiary alicyclic amines) is 1. The van der Waals surface area contributed by atoms with Crippen LogP contribution in [0.5, 0.6) is 5.75 Å². The Kier molecular flexibility index (Phi) is 7.15. The number of anilines is 1. The number of rotatable bonds is 5. The van der Waals surface area contributed by atoms with E-state index in [9.17, 15) is 34.2 Å². The smallest absolute Gasteiger partial charge is 0.235 e. The van der Waals surface area contributed by atoms with Gasteiger partial charge in [-0.25, -0.2) is 0 Å². The third-order valence-corrected chi connectivity index (χ3v) is 10.1. The summed E-state index contributed by atoms with van der Waals surface area (Å²) in [5, 5.41) is 23.3. The van der Waals surface area contributed by atoms with E-state index in [-0.39, 0.29) is 24.2 Å². The molecule has 11 nitrogen and oxygen atoms in total. The van der Waals surface area contributed by atoms with E-state index in [1.54, 1.807) is 14.1 Å². The number of carbonyl (C=O) groups excluding carboxylic acids is 5. The number of hydrogen-bond acceptors (Lipinski definition) is 10. The fourth-order valence-corrected chi connectivity index (χ4v) is 7.98. The number of primary amides is 1. The van der Waals surface area contributed by atoms with Crippen molar-refractivity contribution in [2.24, 2.45) is 29.4 Å². The summed E-state index contributed by atoms with van der Waals surface area (Å²) in [7, 11) is 6.84. The Morgan fingerprint density at radius 1 is 1.07 bits per heavy atom. The summed E-state index contributed by atoms with van der Waals surface area (Å²) in [5.74, 6) is -10.3. The predicted molar refractivity (Wildman–Crippen MR) is 149 cm³/mol. The van der Waals surface area contributed by atoms with Gasteiger partial charge in [-0.15, -0.1) is 0 Å². The van der Waals surface area contributed by atoms with Crippen molar-refractivity contribution in [1.82, 2.24) is 9.80 Å². The van der Waals surface area contributed by atoms with Crippen LogP contribution in [0.4, 0.5) is 5.69 Å². The molecule has 3 aliphatic carbocycles. The van der Waals surface area contributed by atoms with Gasteiger partial charge in [0, 0.05) is 49.9 Å². The van der Waals surface area contributed by atoms with Crippen molar-refractivity contribution in [3.05, 3.63) is 22.8 Å². The number of amides is 1. The number of ketones is 4. The fourth-order valence-electron chi connectivity index (χ4n) is 7.98. The Labute approximate surface area is 239 Å². The lowest BCUT2D eigenvalue weighted by molar-refractivity contribution is -0.181. The van der Waals surface area contributed by atoms with E-state index in [4.69, 9.17) is 5.73 Å². The van der Waals surface area contributed by atoms with Gasteiger partial charge in [-0.1, -0.05) is 0 Å². The van der Waals surface area contributed by atoms with Gasteiger partial charge in [0.05, 0.1) is 17.5 Å². The van der Waals surface area contributed by atoms with Crippen LogP contribution in [0.15, 0.2) is 6.07 Å². The monoisotopic (exact) mass is 568 g/mol. The van der Waals surface area contributed by atoms with E-state index in [0.717, 1.165) is 18.5 Å². The number of likely N-dealkylation sites (N-methyl/N-ethyl adjacent to an activating group) is 1. The molecule has 41 heavy (non-hydrogen) atoms. The highest BCUT2D eigenvalue weighted by atomic mass is 16.3. The zero-order chi connectivity index (χ0) is 30.3. The van der Waals surface area contributed by atoms with Crippen molar-refractivity contribution in [2.45, 2.75) is 69.8 Å². The molecular weight excluding hydrogens is 528 g/mol. The maximum absolute atomic E-state index is 14.2. The van der Waals surface area contributed by atoms with Crippen LogP contribution >= 0.6 is 0 Å². The molecule has 5 rings (SSSR count). The van der Waals surface area contributed by atoms with Crippen LogP contribution in [0.3, 0.4) is 0 Å². The lowest BCUT2D eigenvalue weighted by Crippen LogP contribution is -2.74. The van der Waals surface area contributed by atoms with Crippen molar-refractivity contribution in [3.8, 4) is 5.75 Å². The normalized spacial score (nSPS) is 35.4. The van der Waals surface area contributed by atoms with Crippen LogP contribution in [0, 0.1) is 23.7 Å². The molecule has 0 radical (unpaired) electrons. The second kappa shape index (κ2) is 9.99. The highest BCUT2D eigenvalue weighted by Crippen LogP contribution is 2.52. The number of Topliss-reactive ketones (excluding diaryl/α,β-unsaturated/α-hetero) is 4. The number of phenolic OH excluding ortho intramolecular Hbond substituents is 1. The first-order valence-corrected chi connectivity index (χ1v) is 14.3. The second-order valence-electron chi connectivity index (χ2n) is 12.9. The van der Waals surface area contributed by atoms with Crippen molar-refractivity contribution in [1.29, 1.82) is 0 Å². The summed E-state index contributed by atoms with van der Waals surface area (Å²) in [5.41, 5.74) is 4.63. The molecule has 0 spiro atoms. The fraction of sp³-hybridized carbons (Fsp3) is 0.633. The van der Waals surface area contributed by atoms with Crippen LogP contribution in [0.25, 0.3) is 0 Å². The molecular formula is C30H40N4O7. The van der Waals surface area contributed by atoms with Gasteiger partial charge in [-0.2, -0.15) is 0 Å². The minimum Gasteiger partial charge on any atom is -0.507 e. The number of aliphatic hydroxyl groups is 1. The zero-order valence-electron chi connectivity index (χ0n) is 24.5. The minimum absolute atomic E-state index is 0.0298. The molecule has 1 saturated heterocycles. The molecule has 1 amide bonds. The van der Waals surface area contributed by atoms with Gasteiger partial charge in [0.2, 0.25) is 5.91 Å². The summed E-state index contributed by atoms with van der Waals surface area (Å²) >= 11 is 0. The molecule has 1 aromatic carbocycles. The average Bonchev–Trinajstić information content (AvgIpc) is 3.19. The Hall–Kier alpha value is -3.15. The number of carbonyl (C=O) groups is 5. The summed E-state index contributed by atoms with van der Waals surface area (Å²) < 4.78 is 0. The van der Waals surface area contributed by atoms with E-state index in [0.29, 0.717) is 29.8 Å². The second-order valence-corrected chi connectivity index (χ2v) is 12.9. The molecule has 4 N–H and O–H groups in total. The zero-order valence-corrected chi connectivity index (χ0v) is 24.5. The van der Waals surface area contributed by atoms with E-state index in [1.165, 1.54) is 4.90 Å². The summed E-state index contributed by atoms with van der Waals surface area (Å²) in [6.45, 7) is 4.69. The van der Waals surface area contributed by atoms with Crippen molar-refractivity contribution in [3.63, 3.8) is 0 Å². The van der Waals surface area contributed by atoms with Gasteiger partial charge in [0.15, 0.2) is 34.7 Å². The Morgan fingerprint density at radius 2 is 1.68 bits per heavy atom. The number of aromatic hydroxyl groups is 1. The van der Waals surface area contributed by atoms with E-state index in [2.05, 4.69) is 18.7 Å². The number of benzene rings is 1. The van der Waals surface area contributed by atoms with Crippen LogP contribution in [0.2, 0.25) is 0 Å². The first-order valence-electron chi connectivity index (χ1n) is 14.3. The van der Waals surface area contributed by atoms with Crippen LogP contribution in [0.1, 0.15) is 54.6 Å². The number of phenols is 1. The Bertz CT molecular complexity index is 1350. The minimum atomic E-state index is -2.73. The summed E-state index contributed by atoms with van der Waals surface area (Å²) in [4.78, 5) is 72.8. The van der Waals surface area contributed by atoms with Gasteiger partial charge < -0.3 is 20.8 Å². The first kappa shape index (κ1) is 29.3. The number of nitrogens with two attached hydrogens (primary N) is 1. The molecule has 0 bridgehead atoms. The van der Waals surface area contributed by atoms with Crippen LogP contribution < -0.4 is 10.6 Å². The van der Waals surface area contributed by atoms with Crippen LogP contribution in [-0.2, 0) is 32.1 Å². The topological polar surface area (TPSA) is 162 Å². The maximum atomic E-state index is 14.2. The van der Waals surface area contributed by atoms with Gasteiger partial charge in [0.25, 0.3) is 0 Å². The lowest BCUT2D eigenvalue weighted by atomic mass is 9.52. The molecule has 222 valence electrons. The highest BCUT2D eigenvalue weighted by Gasteiger charge is 2.69. The van der Waals surface area contributed by atoms with E-state index in [1.807, 2.05) is 25.1 Å². The van der Waals surface area contributed by atoms with Gasteiger partial charge in [-0.05, 0) is 71.2 Å². The Morgan fingerprint density at radius 3 is 2.22 bits per heavy atom. The van der Waals surface area contributed by atoms with E-state index < -0.39 is 64.4 Å². The van der Waals surface area contributed by atoms with Crippen molar-refractivity contribution < 1.29 is 34.2 Å². The highest BCUT2D eigenvalue weighted by molar-refractivity contribution is 6.32. The molecule has 8 atom stereocenters. The number of nitrogens with zero attached hydrogens (tertiary/aromatic N) is 3. The summed E-state index contributed by atoms with van der Waals surface area (Å²) in [6, 6.07) is 1.38. The third-order valence-electron chi connectivity index (χ3n) is 10.1. The van der Waals surface area contributed by atoms with E-state index >= 15 is 0 Å². The molecule has 2 saturated carbocycles. The molecule has 1 aromatic rings.